The molecule has 0 radical (unpaired) electrons. The van der Waals surface area contributed by atoms with Crippen molar-refractivity contribution in [2.45, 2.75) is 48.8 Å². The van der Waals surface area contributed by atoms with Crippen molar-refractivity contribution in [2.75, 3.05) is 12.4 Å². The zero-order chi connectivity index (χ0) is 20.9. The van der Waals surface area contributed by atoms with Crippen molar-refractivity contribution in [3.8, 4) is 5.75 Å². The highest BCUT2D eigenvalue weighted by molar-refractivity contribution is 8.00. The highest BCUT2D eigenvalue weighted by Crippen LogP contribution is 2.30. The minimum Gasteiger partial charge on any atom is -0.495 e. The molecule has 6 nitrogen and oxygen atoms in total. The molecular formula is C20H26N2O4S2. The van der Waals surface area contributed by atoms with E-state index in [9.17, 15) is 13.2 Å². The molecule has 0 aliphatic rings. The van der Waals surface area contributed by atoms with Crippen LogP contribution < -0.4 is 14.8 Å². The van der Waals surface area contributed by atoms with Crippen molar-refractivity contribution in [1.29, 1.82) is 0 Å². The molecule has 0 heterocycles. The summed E-state index contributed by atoms with van der Waals surface area (Å²) in [5.41, 5.74) is 1.47. The summed E-state index contributed by atoms with van der Waals surface area (Å²) in [5, 5.41) is 2.41. The lowest BCUT2D eigenvalue weighted by Gasteiger charge is -2.16. The number of aryl methyl sites for hydroxylation is 1. The number of ether oxygens (including phenoxy) is 1. The third-order valence-corrected chi connectivity index (χ3v) is 6.60. The van der Waals surface area contributed by atoms with Gasteiger partial charge < -0.3 is 10.1 Å². The molecule has 152 valence electrons. The van der Waals surface area contributed by atoms with Gasteiger partial charge in [-0.3, -0.25) is 4.79 Å². The van der Waals surface area contributed by atoms with Crippen molar-refractivity contribution in [3.63, 3.8) is 0 Å². The van der Waals surface area contributed by atoms with Crippen LogP contribution in [0.1, 0.15) is 26.3 Å². The highest BCUT2D eigenvalue weighted by atomic mass is 32.2. The molecule has 0 spiro atoms. The summed E-state index contributed by atoms with van der Waals surface area (Å²) in [4.78, 5) is 13.7. The van der Waals surface area contributed by atoms with Crippen LogP contribution in [0.15, 0.2) is 52.3 Å². The Bertz CT molecular complexity index is 926. The van der Waals surface area contributed by atoms with E-state index in [2.05, 4.69) is 10.0 Å². The van der Waals surface area contributed by atoms with Crippen molar-refractivity contribution in [3.05, 3.63) is 48.0 Å². The van der Waals surface area contributed by atoms with Crippen LogP contribution in [-0.2, 0) is 14.8 Å². The van der Waals surface area contributed by atoms with Gasteiger partial charge in [-0.25, -0.2) is 13.1 Å². The van der Waals surface area contributed by atoms with Gasteiger partial charge >= 0.3 is 0 Å². The Hall–Kier alpha value is -2.03. The zero-order valence-corrected chi connectivity index (χ0v) is 18.3. The van der Waals surface area contributed by atoms with E-state index in [0.29, 0.717) is 11.4 Å². The van der Waals surface area contributed by atoms with Gasteiger partial charge in [0.05, 0.1) is 22.9 Å². The van der Waals surface area contributed by atoms with Gasteiger partial charge in [0.25, 0.3) is 0 Å². The predicted molar refractivity (Wildman–Crippen MR) is 114 cm³/mol. The lowest BCUT2D eigenvalue weighted by atomic mass is 10.2. The van der Waals surface area contributed by atoms with Crippen LogP contribution in [0.5, 0.6) is 5.75 Å². The van der Waals surface area contributed by atoms with Crippen molar-refractivity contribution < 1.29 is 17.9 Å². The minimum absolute atomic E-state index is 0.0659. The van der Waals surface area contributed by atoms with E-state index in [4.69, 9.17) is 4.74 Å². The molecule has 2 aromatic rings. The van der Waals surface area contributed by atoms with Crippen LogP contribution in [0.25, 0.3) is 0 Å². The standard InChI is InChI=1S/C20H26N2O4S2/c1-13(2)22-28(24,25)17-10-11-19(26-5)18(12-17)21-20(23)15(4)27-16-8-6-14(3)7-9-16/h6-13,15,22H,1-5H3,(H,21,23)/t15-/m1/s1. The molecular weight excluding hydrogens is 396 g/mol. The Morgan fingerprint density at radius 1 is 1.07 bits per heavy atom. The first-order chi connectivity index (χ1) is 13.1. The maximum Gasteiger partial charge on any atom is 0.240 e. The third-order valence-electron chi connectivity index (χ3n) is 3.83. The maximum atomic E-state index is 12.6. The van der Waals surface area contributed by atoms with E-state index >= 15 is 0 Å². The number of hydrogen-bond donors (Lipinski definition) is 2. The molecule has 8 heteroatoms. The first kappa shape index (κ1) is 22.3. The Balaban J connectivity index is 2.20. The maximum absolute atomic E-state index is 12.6. The number of rotatable bonds is 8. The molecule has 28 heavy (non-hydrogen) atoms. The molecule has 2 rings (SSSR count). The number of benzene rings is 2. The quantitative estimate of drug-likeness (QED) is 0.632. The van der Waals surface area contributed by atoms with E-state index < -0.39 is 10.0 Å². The summed E-state index contributed by atoms with van der Waals surface area (Å²) < 4.78 is 32.6. The number of nitrogens with one attached hydrogen (secondary N) is 2. The van der Waals surface area contributed by atoms with Gasteiger partial charge in [0.15, 0.2) is 0 Å². The molecule has 0 aliphatic carbocycles. The van der Waals surface area contributed by atoms with Crippen LogP contribution in [-0.4, -0.2) is 32.7 Å². The fourth-order valence-corrected chi connectivity index (χ4v) is 4.58. The number of methoxy groups -OCH3 is 1. The van der Waals surface area contributed by atoms with E-state index in [-0.39, 0.29) is 22.1 Å². The highest BCUT2D eigenvalue weighted by Gasteiger charge is 2.20. The van der Waals surface area contributed by atoms with Crippen LogP contribution >= 0.6 is 11.8 Å². The first-order valence-corrected chi connectivity index (χ1v) is 11.2. The Kier molecular flexibility index (Phi) is 7.51. The number of amides is 1. The average Bonchev–Trinajstić information content (AvgIpc) is 2.62. The zero-order valence-electron chi connectivity index (χ0n) is 16.6. The molecule has 0 saturated heterocycles. The van der Waals surface area contributed by atoms with Crippen LogP contribution in [0, 0.1) is 6.92 Å². The van der Waals surface area contributed by atoms with Crippen molar-refractivity contribution in [1.82, 2.24) is 4.72 Å². The van der Waals surface area contributed by atoms with E-state index in [0.717, 1.165) is 10.5 Å². The summed E-state index contributed by atoms with van der Waals surface area (Å²) in [7, 11) is -2.21. The summed E-state index contributed by atoms with van der Waals surface area (Å²) >= 11 is 1.43. The molecule has 1 atom stereocenters. The molecule has 2 N–H and O–H groups in total. The average molecular weight is 423 g/mol. The Morgan fingerprint density at radius 3 is 2.29 bits per heavy atom. The lowest BCUT2D eigenvalue weighted by molar-refractivity contribution is -0.115. The van der Waals surface area contributed by atoms with E-state index in [1.54, 1.807) is 20.8 Å². The SMILES string of the molecule is COc1ccc(S(=O)(=O)NC(C)C)cc1NC(=O)[C@@H](C)Sc1ccc(C)cc1. The molecule has 0 aromatic heterocycles. The Labute approximate surface area is 171 Å². The topological polar surface area (TPSA) is 84.5 Å². The molecule has 0 aliphatic heterocycles. The number of carbonyl (C=O) groups is 1. The van der Waals surface area contributed by atoms with Gasteiger partial charge in [-0.05, 0) is 58.0 Å². The summed E-state index contributed by atoms with van der Waals surface area (Å²) in [6.07, 6.45) is 0. The molecule has 0 fully saturated rings. The van der Waals surface area contributed by atoms with Crippen molar-refractivity contribution >= 4 is 33.4 Å². The predicted octanol–water partition coefficient (Wildman–Crippen LogP) is 3.81. The molecule has 1 amide bonds. The monoisotopic (exact) mass is 422 g/mol. The number of carbonyl (C=O) groups excluding carboxylic acids is 1. The van der Waals surface area contributed by atoms with Gasteiger partial charge in [0.2, 0.25) is 15.9 Å². The van der Waals surface area contributed by atoms with Crippen LogP contribution in [0.3, 0.4) is 0 Å². The second-order valence-corrected chi connectivity index (χ2v) is 9.83. The number of anilines is 1. The van der Waals surface area contributed by atoms with Gasteiger partial charge in [0, 0.05) is 10.9 Å². The van der Waals surface area contributed by atoms with Crippen LogP contribution in [0.4, 0.5) is 5.69 Å². The minimum atomic E-state index is -3.68. The molecule has 0 bridgehead atoms. The van der Waals surface area contributed by atoms with Gasteiger partial charge in [-0.2, -0.15) is 0 Å². The van der Waals surface area contributed by atoms with Crippen LogP contribution in [0.2, 0.25) is 0 Å². The smallest absolute Gasteiger partial charge is 0.240 e. The van der Waals surface area contributed by atoms with Gasteiger partial charge in [0.1, 0.15) is 5.75 Å². The van der Waals surface area contributed by atoms with E-state index in [1.807, 2.05) is 31.2 Å². The lowest BCUT2D eigenvalue weighted by Crippen LogP contribution is -2.30. The fraction of sp³-hybridized carbons (Fsp3) is 0.350. The molecule has 0 saturated carbocycles. The third kappa shape index (κ3) is 5.98. The largest absolute Gasteiger partial charge is 0.495 e. The molecule has 2 aromatic carbocycles. The number of thioether (sulfide) groups is 1. The summed E-state index contributed by atoms with van der Waals surface area (Å²) in [6, 6.07) is 12.1. The van der Waals surface area contributed by atoms with E-state index in [1.165, 1.54) is 37.1 Å². The summed E-state index contributed by atoms with van der Waals surface area (Å²) in [6.45, 7) is 7.29. The molecule has 0 unspecified atom stereocenters. The number of hydrogen-bond acceptors (Lipinski definition) is 5. The second-order valence-electron chi connectivity index (χ2n) is 6.70. The van der Waals surface area contributed by atoms with Gasteiger partial charge in [-0.15, -0.1) is 11.8 Å². The normalized spacial score (nSPS) is 12.6. The first-order valence-electron chi connectivity index (χ1n) is 8.87. The number of sulfonamides is 1. The van der Waals surface area contributed by atoms with Crippen molar-refractivity contribution in [2.24, 2.45) is 0 Å². The fourth-order valence-electron chi connectivity index (χ4n) is 2.44. The second kappa shape index (κ2) is 9.45. The summed E-state index contributed by atoms with van der Waals surface area (Å²) in [5.74, 6) is 0.152. The van der Waals surface area contributed by atoms with Gasteiger partial charge in [-0.1, -0.05) is 17.7 Å². The Morgan fingerprint density at radius 2 is 1.71 bits per heavy atom.